The van der Waals surface area contributed by atoms with E-state index in [4.69, 9.17) is 16.3 Å². The van der Waals surface area contributed by atoms with Gasteiger partial charge in [0.2, 0.25) is 5.91 Å². The quantitative estimate of drug-likeness (QED) is 0.735. The number of aliphatic hydroxyl groups is 1. The highest BCUT2D eigenvalue weighted by molar-refractivity contribution is 6.31. The van der Waals surface area contributed by atoms with Gasteiger partial charge in [-0.15, -0.1) is 0 Å². The number of carbonyl (C=O) groups is 1. The molecular weight excluding hydrogens is 404 g/mol. The molecule has 30 heavy (non-hydrogen) atoms. The van der Waals surface area contributed by atoms with Gasteiger partial charge in [0, 0.05) is 17.3 Å². The number of anilines is 1. The number of likely N-dealkylation sites (tertiary alicyclic amines) is 1. The molecular formula is C22H25ClN4O3. The zero-order valence-corrected chi connectivity index (χ0v) is 17.5. The number of nitrogens with zero attached hydrogens (tertiary/aromatic N) is 3. The third-order valence-corrected chi connectivity index (χ3v) is 7.06. The average molecular weight is 429 g/mol. The number of ether oxygens (including phenoxy) is 1. The highest BCUT2D eigenvalue weighted by atomic mass is 35.5. The summed E-state index contributed by atoms with van der Waals surface area (Å²) in [4.78, 5) is 23.8. The minimum atomic E-state index is -0.466. The van der Waals surface area contributed by atoms with Gasteiger partial charge in [0.1, 0.15) is 12.4 Å². The number of hydrogen-bond acceptors (Lipinski definition) is 6. The molecule has 1 aromatic heterocycles. The maximum atomic E-state index is 12.7. The van der Waals surface area contributed by atoms with Crippen molar-refractivity contribution in [1.29, 1.82) is 0 Å². The van der Waals surface area contributed by atoms with Crippen LogP contribution >= 0.6 is 11.6 Å². The molecule has 5 rings (SSSR count). The van der Waals surface area contributed by atoms with Crippen LogP contribution in [0.2, 0.25) is 5.02 Å². The molecule has 8 heteroatoms. The van der Waals surface area contributed by atoms with Gasteiger partial charge in [-0.2, -0.15) is 0 Å². The molecule has 1 saturated heterocycles. The number of benzene rings is 1. The molecule has 2 aromatic rings. The molecule has 2 N–H and O–H groups in total. The molecule has 0 unspecified atom stereocenters. The van der Waals surface area contributed by atoms with Crippen molar-refractivity contribution in [2.75, 3.05) is 38.2 Å². The Balaban J connectivity index is 1.14. The standard InChI is InChI=1S/C22H25ClN4O3/c23-15-1-2-18-17(11-15)22(20(29)26-18)5-7-27(8-6-22)9-10-30-16-12-24-19(25-13-16)21(14-28)3-4-21/h1-2,11-13,28H,3-10,14H2,(H,26,29). The van der Waals surface area contributed by atoms with Gasteiger partial charge in [0.25, 0.3) is 0 Å². The highest BCUT2D eigenvalue weighted by Gasteiger charge is 2.48. The molecule has 2 fully saturated rings. The number of fused-ring (bicyclic) bond motifs is 2. The maximum absolute atomic E-state index is 12.7. The molecule has 1 aliphatic carbocycles. The molecule has 7 nitrogen and oxygen atoms in total. The monoisotopic (exact) mass is 428 g/mol. The van der Waals surface area contributed by atoms with Crippen LogP contribution in [0.15, 0.2) is 30.6 Å². The van der Waals surface area contributed by atoms with Gasteiger partial charge in [-0.05, 0) is 62.5 Å². The van der Waals surface area contributed by atoms with Crippen LogP contribution in [0, 0.1) is 0 Å². The molecule has 0 atom stereocenters. The van der Waals surface area contributed by atoms with E-state index in [-0.39, 0.29) is 17.9 Å². The summed E-state index contributed by atoms with van der Waals surface area (Å²) in [6, 6.07) is 5.64. The van der Waals surface area contributed by atoms with Crippen molar-refractivity contribution in [3.63, 3.8) is 0 Å². The van der Waals surface area contributed by atoms with Gasteiger partial charge in [-0.25, -0.2) is 9.97 Å². The van der Waals surface area contributed by atoms with E-state index in [9.17, 15) is 9.90 Å². The van der Waals surface area contributed by atoms with Gasteiger partial charge < -0.3 is 15.2 Å². The molecule has 1 amide bonds. The third kappa shape index (κ3) is 3.35. The smallest absolute Gasteiger partial charge is 0.235 e. The first-order valence-corrected chi connectivity index (χ1v) is 10.8. The summed E-state index contributed by atoms with van der Waals surface area (Å²) in [6.07, 6.45) is 6.80. The Labute approximate surface area is 180 Å². The number of aliphatic hydroxyl groups excluding tert-OH is 1. The largest absolute Gasteiger partial charge is 0.489 e. The fourth-order valence-electron chi connectivity index (χ4n) is 4.60. The summed E-state index contributed by atoms with van der Waals surface area (Å²) >= 11 is 6.19. The number of amides is 1. The predicted octanol–water partition coefficient (Wildman–Crippen LogP) is 2.52. The molecule has 1 spiro atoms. The van der Waals surface area contributed by atoms with E-state index >= 15 is 0 Å². The van der Waals surface area contributed by atoms with Crippen LogP contribution in [-0.4, -0.2) is 58.7 Å². The third-order valence-electron chi connectivity index (χ3n) is 6.82. The van der Waals surface area contributed by atoms with E-state index in [1.54, 1.807) is 12.4 Å². The first kappa shape index (κ1) is 19.7. The molecule has 0 bridgehead atoms. The summed E-state index contributed by atoms with van der Waals surface area (Å²) in [7, 11) is 0. The van der Waals surface area contributed by atoms with Gasteiger partial charge in [-0.1, -0.05) is 11.6 Å². The van der Waals surface area contributed by atoms with Crippen LogP contribution in [0.1, 0.15) is 37.1 Å². The van der Waals surface area contributed by atoms with Crippen LogP contribution in [0.25, 0.3) is 0 Å². The van der Waals surface area contributed by atoms with Crippen molar-refractivity contribution >= 4 is 23.2 Å². The van der Waals surface area contributed by atoms with Gasteiger partial charge in [0.15, 0.2) is 5.75 Å². The minimum absolute atomic E-state index is 0.0872. The highest BCUT2D eigenvalue weighted by Crippen LogP contribution is 2.46. The molecule has 1 saturated carbocycles. The van der Waals surface area contributed by atoms with Crippen molar-refractivity contribution in [2.45, 2.75) is 36.5 Å². The van der Waals surface area contributed by atoms with Crippen molar-refractivity contribution in [3.05, 3.63) is 47.0 Å². The Morgan fingerprint density at radius 1 is 1.17 bits per heavy atom. The molecule has 1 aromatic carbocycles. The Bertz CT molecular complexity index is 953. The van der Waals surface area contributed by atoms with Crippen LogP contribution < -0.4 is 10.1 Å². The van der Waals surface area contributed by atoms with Crippen molar-refractivity contribution in [3.8, 4) is 5.75 Å². The van der Waals surface area contributed by atoms with Crippen molar-refractivity contribution < 1.29 is 14.6 Å². The number of carbonyl (C=O) groups excluding carboxylic acids is 1. The summed E-state index contributed by atoms with van der Waals surface area (Å²) in [5.41, 5.74) is 1.23. The lowest BCUT2D eigenvalue weighted by Gasteiger charge is -2.37. The molecule has 3 heterocycles. The van der Waals surface area contributed by atoms with Crippen molar-refractivity contribution in [2.24, 2.45) is 0 Å². The minimum Gasteiger partial charge on any atom is -0.489 e. The first-order chi connectivity index (χ1) is 14.5. The SMILES string of the molecule is O=C1Nc2ccc(Cl)cc2C12CCN(CCOc1cnc(C3(CO)CC3)nc1)CC2. The summed E-state index contributed by atoms with van der Waals surface area (Å²) in [5.74, 6) is 1.43. The Morgan fingerprint density at radius 2 is 1.90 bits per heavy atom. The lowest BCUT2D eigenvalue weighted by atomic mass is 9.73. The first-order valence-electron chi connectivity index (χ1n) is 10.4. The number of nitrogens with one attached hydrogen (secondary N) is 1. The van der Waals surface area contributed by atoms with E-state index in [1.807, 2.05) is 18.2 Å². The topological polar surface area (TPSA) is 87.6 Å². The summed E-state index contributed by atoms with van der Waals surface area (Å²) < 4.78 is 5.81. The number of rotatable bonds is 6. The maximum Gasteiger partial charge on any atom is 0.235 e. The van der Waals surface area contributed by atoms with E-state index in [0.29, 0.717) is 23.2 Å². The zero-order valence-electron chi connectivity index (χ0n) is 16.7. The predicted molar refractivity (Wildman–Crippen MR) is 113 cm³/mol. The fourth-order valence-corrected chi connectivity index (χ4v) is 4.77. The van der Waals surface area contributed by atoms with E-state index < -0.39 is 5.41 Å². The Hall–Kier alpha value is -2.22. The lowest BCUT2D eigenvalue weighted by Crippen LogP contribution is -2.47. The van der Waals surface area contributed by atoms with E-state index in [2.05, 4.69) is 20.2 Å². The second-order valence-electron chi connectivity index (χ2n) is 8.60. The molecule has 2 aliphatic heterocycles. The van der Waals surface area contributed by atoms with E-state index in [1.165, 1.54) is 0 Å². The van der Waals surface area contributed by atoms with Gasteiger partial charge >= 0.3 is 0 Å². The van der Waals surface area contributed by atoms with Crippen LogP contribution in [0.5, 0.6) is 5.75 Å². The number of hydrogen-bond donors (Lipinski definition) is 2. The number of aromatic nitrogens is 2. The van der Waals surface area contributed by atoms with Gasteiger partial charge in [-0.3, -0.25) is 9.69 Å². The number of halogens is 1. The number of piperidine rings is 1. The fraction of sp³-hybridized carbons (Fsp3) is 0.500. The molecule has 3 aliphatic rings. The van der Waals surface area contributed by atoms with Crippen LogP contribution in [-0.2, 0) is 15.6 Å². The van der Waals surface area contributed by atoms with Crippen LogP contribution in [0.4, 0.5) is 5.69 Å². The average Bonchev–Trinajstić information content (AvgIpc) is 3.53. The van der Waals surface area contributed by atoms with E-state index in [0.717, 1.165) is 56.6 Å². The second kappa shape index (κ2) is 7.48. The normalized spacial score (nSPS) is 21.3. The van der Waals surface area contributed by atoms with Gasteiger partial charge in [0.05, 0.1) is 29.8 Å². The summed E-state index contributed by atoms with van der Waals surface area (Å²) in [6.45, 7) is 3.07. The Kier molecular flexibility index (Phi) is 4.92. The Morgan fingerprint density at radius 3 is 2.57 bits per heavy atom. The summed E-state index contributed by atoms with van der Waals surface area (Å²) in [5, 5.41) is 13.2. The van der Waals surface area contributed by atoms with Crippen LogP contribution in [0.3, 0.4) is 0 Å². The molecule has 0 radical (unpaired) electrons. The second-order valence-corrected chi connectivity index (χ2v) is 9.03. The zero-order chi connectivity index (χ0) is 20.8. The lowest BCUT2D eigenvalue weighted by molar-refractivity contribution is -0.122. The molecule has 158 valence electrons. The van der Waals surface area contributed by atoms with Crippen molar-refractivity contribution in [1.82, 2.24) is 14.9 Å².